The number of aromatic nitrogens is 3. The number of amides is 2. The number of carbonyl (C=O) groups is 2. The van der Waals surface area contributed by atoms with Gasteiger partial charge in [0.25, 0.3) is 5.91 Å². The summed E-state index contributed by atoms with van der Waals surface area (Å²) in [5.41, 5.74) is 14.2. The van der Waals surface area contributed by atoms with Crippen molar-refractivity contribution in [2.24, 2.45) is 0 Å². The van der Waals surface area contributed by atoms with Crippen LogP contribution in [0.3, 0.4) is 0 Å². The Kier molecular flexibility index (Phi) is 6.63. The molecule has 5 N–H and O–H groups in total. The standard InChI is InChI=1S/C25H31N7O3/c1-25(2,3)35-24(34)31-9-7-20(8-10-31)32-15-17(14-29-32)16-11-21(22(27)28-13-16)23(33)30-19-6-4-5-18(26)12-19/h4-6,11-15,20H,7-10,26H2,1-3H3,(H2,27,28)(H,30,33). The Labute approximate surface area is 204 Å². The minimum Gasteiger partial charge on any atom is -0.444 e. The predicted octanol–water partition coefficient (Wildman–Crippen LogP) is 3.93. The normalized spacial score (nSPS) is 14.5. The van der Waals surface area contributed by atoms with Crippen LogP contribution in [0.25, 0.3) is 11.1 Å². The van der Waals surface area contributed by atoms with E-state index < -0.39 is 5.60 Å². The molecule has 0 saturated carbocycles. The fourth-order valence-corrected chi connectivity index (χ4v) is 3.96. The number of benzene rings is 1. The summed E-state index contributed by atoms with van der Waals surface area (Å²) in [6.45, 7) is 6.80. The van der Waals surface area contributed by atoms with Crippen LogP contribution < -0.4 is 16.8 Å². The smallest absolute Gasteiger partial charge is 0.410 e. The maximum Gasteiger partial charge on any atom is 0.410 e. The lowest BCUT2D eigenvalue weighted by molar-refractivity contribution is 0.0184. The number of anilines is 3. The highest BCUT2D eigenvalue weighted by molar-refractivity contribution is 6.08. The number of ether oxygens (including phenoxy) is 1. The average Bonchev–Trinajstić information content (AvgIpc) is 3.28. The summed E-state index contributed by atoms with van der Waals surface area (Å²) in [5, 5.41) is 7.33. The van der Waals surface area contributed by atoms with E-state index in [1.165, 1.54) is 0 Å². The fourth-order valence-electron chi connectivity index (χ4n) is 3.96. The molecule has 1 aliphatic rings. The minimum absolute atomic E-state index is 0.136. The van der Waals surface area contributed by atoms with Crippen LogP contribution in [0.15, 0.2) is 48.9 Å². The third-order valence-corrected chi connectivity index (χ3v) is 5.73. The first kappa shape index (κ1) is 24.1. The molecule has 184 valence electrons. The maximum atomic E-state index is 12.8. The SMILES string of the molecule is CC(C)(C)OC(=O)N1CCC(n2cc(-c3cnc(N)c(C(=O)Nc4cccc(N)c4)c3)cn2)CC1. The zero-order valence-corrected chi connectivity index (χ0v) is 20.2. The molecule has 0 spiro atoms. The minimum atomic E-state index is -0.512. The Morgan fingerprint density at radius 3 is 2.51 bits per heavy atom. The van der Waals surface area contributed by atoms with Crippen molar-refractivity contribution >= 4 is 29.2 Å². The first-order valence-electron chi connectivity index (χ1n) is 11.5. The third-order valence-electron chi connectivity index (χ3n) is 5.73. The Bertz CT molecular complexity index is 1220. The molecule has 1 fully saturated rings. The molecule has 0 atom stereocenters. The van der Waals surface area contributed by atoms with E-state index >= 15 is 0 Å². The van der Waals surface area contributed by atoms with Crippen LogP contribution in [0.4, 0.5) is 22.0 Å². The van der Waals surface area contributed by atoms with Gasteiger partial charge in [-0.2, -0.15) is 5.10 Å². The molecule has 4 rings (SSSR count). The first-order valence-corrected chi connectivity index (χ1v) is 11.5. The monoisotopic (exact) mass is 477 g/mol. The highest BCUT2D eigenvalue weighted by atomic mass is 16.6. The Balaban J connectivity index is 1.43. The second-order valence-electron chi connectivity index (χ2n) is 9.64. The second kappa shape index (κ2) is 9.65. The number of nitrogens with one attached hydrogen (secondary N) is 1. The van der Waals surface area contributed by atoms with Gasteiger partial charge in [0.05, 0.1) is 17.8 Å². The van der Waals surface area contributed by atoms with Gasteiger partial charge in [0.1, 0.15) is 11.4 Å². The van der Waals surface area contributed by atoms with Crippen LogP contribution in [0.5, 0.6) is 0 Å². The molecule has 0 aliphatic carbocycles. The number of nitrogens with two attached hydrogens (primary N) is 2. The molecule has 0 radical (unpaired) electrons. The van der Waals surface area contributed by atoms with Gasteiger partial charge in [0.2, 0.25) is 0 Å². The molecule has 3 heterocycles. The third kappa shape index (κ3) is 5.89. The molecule has 1 aliphatic heterocycles. The van der Waals surface area contributed by atoms with Gasteiger partial charge in [-0.25, -0.2) is 9.78 Å². The van der Waals surface area contributed by atoms with E-state index in [9.17, 15) is 9.59 Å². The van der Waals surface area contributed by atoms with Crippen molar-refractivity contribution in [3.05, 3.63) is 54.5 Å². The van der Waals surface area contributed by atoms with Crippen LogP contribution in [-0.2, 0) is 4.74 Å². The topological polar surface area (TPSA) is 141 Å². The molecule has 1 aromatic carbocycles. The Hall–Kier alpha value is -4.08. The van der Waals surface area contributed by atoms with Crippen molar-refractivity contribution in [1.82, 2.24) is 19.7 Å². The van der Waals surface area contributed by atoms with Gasteiger partial charge in [0, 0.05) is 48.0 Å². The summed E-state index contributed by atoms with van der Waals surface area (Å²) in [5.74, 6) is -0.235. The zero-order chi connectivity index (χ0) is 25.2. The molecule has 0 unspecified atom stereocenters. The van der Waals surface area contributed by atoms with Crippen LogP contribution in [0.1, 0.15) is 50.0 Å². The molecule has 35 heavy (non-hydrogen) atoms. The van der Waals surface area contributed by atoms with Crippen LogP contribution in [0.2, 0.25) is 0 Å². The number of likely N-dealkylation sites (tertiary alicyclic amines) is 1. The van der Waals surface area contributed by atoms with Gasteiger partial charge in [-0.3, -0.25) is 9.48 Å². The number of hydrogen-bond acceptors (Lipinski definition) is 7. The number of nitrogen functional groups attached to an aromatic ring is 2. The summed E-state index contributed by atoms with van der Waals surface area (Å²) < 4.78 is 7.38. The van der Waals surface area contributed by atoms with E-state index in [4.69, 9.17) is 16.2 Å². The molecular weight excluding hydrogens is 446 g/mol. The van der Waals surface area contributed by atoms with Gasteiger partial charge in [-0.1, -0.05) is 6.07 Å². The van der Waals surface area contributed by atoms with Crippen LogP contribution >= 0.6 is 0 Å². The zero-order valence-electron chi connectivity index (χ0n) is 20.2. The molecule has 10 nitrogen and oxygen atoms in total. The molecular formula is C25H31N7O3. The summed E-state index contributed by atoms with van der Waals surface area (Å²) in [6, 6.07) is 8.79. The van der Waals surface area contributed by atoms with Gasteiger partial charge < -0.3 is 26.4 Å². The Morgan fingerprint density at radius 1 is 1.09 bits per heavy atom. The highest BCUT2D eigenvalue weighted by Crippen LogP contribution is 2.27. The van der Waals surface area contributed by atoms with Crippen molar-refractivity contribution in [3.63, 3.8) is 0 Å². The molecule has 2 amide bonds. The molecule has 0 bridgehead atoms. The van der Waals surface area contributed by atoms with Crippen molar-refractivity contribution in [2.45, 2.75) is 45.3 Å². The molecule has 10 heteroatoms. The lowest BCUT2D eigenvalue weighted by atomic mass is 10.1. The van der Waals surface area contributed by atoms with Gasteiger partial charge in [-0.15, -0.1) is 0 Å². The summed E-state index contributed by atoms with van der Waals surface area (Å²) in [7, 11) is 0. The van der Waals surface area contributed by atoms with Gasteiger partial charge in [0.15, 0.2) is 0 Å². The second-order valence-corrected chi connectivity index (χ2v) is 9.64. The van der Waals surface area contributed by atoms with Crippen molar-refractivity contribution in [1.29, 1.82) is 0 Å². The number of pyridine rings is 1. The van der Waals surface area contributed by atoms with Crippen molar-refractivity contribution in [2.75, 3.05) is 29.9 Å². The fraction of sp³-hybridized carbons (Fsp3) is 0.360. The van der Waals surface area contributed by atoms with E-state index in [-0.39, 0.29) is 29.4 Å². The van der Waals surface area contributed by atoms with Crippen LogP contribution in [0, 0.1) is 0 Å². The van der Waals surface area contributed by atoms with E-state index in [0.29, 0.717) is 24.5 Å². The van der Waals surface area contributed by atoms with Crippen LogP contribution in [-0.4, -0.2) is 50.4 Å². The number of hydrogen-bond donors (Lipinski definition) is 3. The van der Waals surface area contributed by atoms with E-state index in [0.717, 1.165) is 24.0 Å². The number of nitrogens with zero attached hydrogens (tertiary/aromatic N) is 4. The lowest BCUT2D eigenvalue weighted by Gasteiger charge is -2.33. The number of piperidine rings is 1. The number of rotatable bonds is 4. The number of carbonyl (C=O) groups excluding carboxylic acids is 2. The quantitative estimate of drug-likeness (QED) is 0.483. The largest absolute Gasteiger partial charge is 0.444 e. The van der Waals surface area contributed by atoms with Gasteiger partial charge >= 0.3 is 6.09 Å². The van der Waals surface area contributed by atoms with Crippen molar-refractivity contribution in [3.8, 4) is 11.1 Å². The van der Waals surface area contributed by atoms with Crippen molar-refractivity contribution < 1.29 is 14.3 Å². The van der Waals surface area contributed by atoms with E-state index in [1.54, 1.807) is 47.6 Å². The molecule has 2 aromatic heterocycles. The molecule has 3 aromatic rings. The lowest BCUT2D eigenvalue weighted by Crippen LogP contribution is -2.42. The van der Waals surface area contributed by atoms with E-state index in [2.05, 4.69) is 15.4 Å². The first-order chi connectivity index (χ1) is 16.6. The molecule has 1 saturated heterocycles. The average molecular weight is 478 g/mol. The van der Waals surface area contributed by atoms with Gasteiger partial charge in [-0.05, 0) is 57.9 Å². The predicted molar refractivity (Wildman–Crippen MR) is 135 cm³/mol. The Morgan fingerprint density at radius 2 is 1.83 bits per heavy atom. The summed E-state index contributed by atoms with van der Waals surface area (Å²) >= 11 is 0. The summed E-state index contributed by atoms with van der Waals surface area (Å²) in [6.07, 6.45) is 6.56. The highest BCUT2D eigenvalue weighted by Gasteiger charge is 2.28. The maximum absolute atomic E-state index is 12.8. The van der Waals surface area contributed by atoms with E-state index in [1.807, 2.05) is 31.6 Å². The summed E-state index contributed by atoms with van der Waals surface area (Å²) in [4.78, 5) is 31.1.